The first-order valence-electron chi connectivity index (χ1n) is 8.98. The van der Waals surface area contributed by atoms with E-state index in [0.717, 1.165) is 4.90 Å². The summed E-state index contributed by atoms with van der Waals surface area (Å²) in [5.41, 5.74) is -0.670. The minimum atomic E-state index is -1.03. The molecule has 158 valence electrons. The Kier molecular flexibility index (Phi) is 7.18. The van der Waals surface area contributed by atoms with Gasteiger partial charge in [0.05, 0.1) is 11.3 Å². The molecule has 0 aromatic heterocycles. The van der Waals surface area contributed by atoms with E-state index in [2.05, 4.69) is 24.5 Å². The summed E-state index contributed by atoms with van der Waals surface area (Å²) >= 11 is 4.34. The van der Waals surface area contributed by atoms with Crippen molar-refractivity contribution in [3.8, 4) is 5.75 Å². The minimum absolute atomic E-state index is 0.0166. The summed E-state index contributed by atoms with van der Waals surface area (Å²) in [7, 11) is 0. The first-order valence-corrected chi connectivity index (χ1v) is 9.50. The second-order valence-corrected chi connectivity index (χ2v) is 7.83. The smallest absolute Gasteiger partial charge is 0.417 e. The second kappa shape index (κ2) is 9.21. The molecule has 0 saturated carbocycles. The van der Waals surface area contributed by atoms with Crippen molar-refractivity contribution in [3.05, 3.63) is 48.0 Å². The van der Waals surface area contributed by atoms with E-state index < -0.39 is 28.8 Å². The first-order chi connectivity index (χ1) is 13.5. The second-order valence-electron chi connectivity index (χ2n) is 7.31. The minimum Gasteiger partial charge on any atom is -0.512 e. The number of benzene rings is 1. The highest BCUT2D eigenvalue weighted by molar-refractivity contribution is 7.81. The maximum Gasteiger partial charge on any atom is 0.417 e. The van der Waals surface area contributed by atoms with Crippen molar-refractivity contribution < 1.29 is 28.6 Å². The average molecular weight is 424 g/mol. The fourth-order valence-electron chi connectivity index (χ4n) is 2.62. The van der Waals surface area contributed by atoms with Crippen LogP contribution in [0.3, 0.4) is 0 Å². The van der Waals surface area contributed by atoms with Gasteiger partial charge in [-0.2, -0.15) is 0 Å². The van der Waals surface area contributed by atoms with Crippen molar-refractivity contribution in [3.63, 3.8) is 0 Å². The molecule has 0 spiro atoms. The number of hydrogen-bond acceptors (Lipinski definition) is 7. The molecule has 1 atom stereocenters. The number of amides is 2. The molecule has 1 heterocycles. The molecule has 0 radical (unpaired) electrons. The molecule has 1 aliphatic heterocycles. The molecule has 0 fully saturated rings. The lowest BCUT2D eigenvalue weighted by Gasteiger charge is -2.31. The van der Waals surface area contributed by atoms with E-state index in [1.807, 2.05) is 0 Å². The summed E-state index contributed by atoms with van der Waals surface area (Å²) in [5.74, 6) is -1.62. The molecule has 1 aromatic rings. The van der Waals surface area contributed by atoms with Crippen LogP contribution in [0.15, 0.2) is 42.2 Å². The number of hydrogen-bond donors (Lipinski definition) is 3. The molecule has 2 N–H and O–H groups in total. The molecular formula is C20H25FN2O5S. The molecule has 9 heteroatoms. The molecule has 7 nitrogen and oxygen atoms in total. The fraction of sp³-hybridized carbons (Fsp3) is 0.400. The van der Waals surface area contributed by atoms with Crippen molar-refractivity contribution in [2.45, 2.75) is 38.2 Å². The number of para-hydroxylation sites is 1. The summed E-state index contributed by atoms with van der Waals surface area (Å²) in [6.07, 6.45) is 0.711. The Morgan fingerprint density at radius 1 is 1.48 bits per heavy atom. The van der Waals surface area contributed by atoms with Crippen molar-refractivity contribution in [2.24, 2.45) is 0 Å². The summed E-state index contributed by atoms with van der Waals surface area (Å²) in [5, 5.41) is 12.1. The molecule has 0 aliphatic carbocycles. The predicted octanol–water partition coefficient (Wildman–Crippen LogP) is 4.04. The number of carbonyl (C=O) groups is 2. The van der Waals surface area contributed by atoms with Crippen LogP contribution in [-0.4, -0.2) is 46.1 Å². The highest BCUT2D eigenvalue weighted by Crippen LogP contribution is 2.32. The third-order valence-electron chi connectivity index (χ3n) is 3.85. The van der Waals surface area contributed by atoms with Crippen LogP contribution >= 0.6 is 12.6 Å². The van der Waals surface area contributed by atoms with Gasteiger partial charge in [-0.25, -0.2) is 14.1 Å². The third kappa shape index (κ3) is 5.66. The van der Waals surface area contributed by atoms with Crippen LogP contribution in [0, 0.1) is 5.82 Å². The van der Waals surface area contributed by atoms with Crippen molar-refractivity contribution in [2.75, 3.05) is 18.5 Å². The van der Waals surface area contributed by atoms with Crippen molar-refractivity contribution in [1.82, 2.24) is 4.90 Å². The van der Waals surface area contributed by atoms with E-state index in [0.29, 0.717) is 0 Å². The number of nitrogens with one attached hydrogen (secondary N) is 1. The van der Waals surface area contributed by atoms with Gasteiger partial charge in [0.2, 0.25) is 0 Å². The van der Waals surface area contributed by atoms with Gasteiger partial charge in [0.15, 0.2) is 11.6 Å². The van der Waals surface area contributed by atoms with E-state index in [1.54, 1.807) is 26.8 Å². The summed E-state index contributed by atoms with van der Waals surface area (Å²) in [4.78, 5) is 26.1. The molecule has 29 heavy (non-hydrogen) atoms. The molecule has 2 amide bonds. The van der Waals surface area contributed by atoms with Crippen LogP contribution in [0.25, 0.3) is 0 Å². The van der Waals surface area contributed by atoms with Crippen molar-refractivity contribution >= 4 is 30.3 Å². The van der Waals surface area contributed by atoms with Gasteiger partial charge in [0.1, 0.15) is 23.3 Å². The van der Waals surface area contributed by atoms with Gasteiger partial charge >= 0.3 is 6.09 Å². The zero-order valence-electron chi connectivity index (χ0n) is 16.6. The molecule has 1 aliphatic rings. The third-order valence-corrected chi connectivity index (χ3v) is 4.24. The zero-order chi connectivity index (χ0) is 21.8. The van der Waals surface area contributed by atoms with Crippen LogP contribution in [0.2, 0.25) is 0 Å². The molecular weight excluding hydrogens is 399 g/mol. The Balaban J connectivity index is 2.25. The van der Waals surface area contributed by atoms with Gasteiger partial charge in [-0.15, -0.1) is 12.6 Å². The number of thiol groups is 1. The van der Waals surface area contributed by atoms with Crippen LogP contribution < -0.4 is 10.1 Å². The van der Waals surface area contributed by atoms with E-state index in [9.17, 15) is 19.1 Å². The standard InChI is InChI=1S/C20H25FN2O5S/c1-5-11-27-16-12(21)7-6-8-13(16)22-17(29)15-14(24)9-10-23(18(15)25)19(26)28-20(2,3)4/h5-8,17,22,24,29H,1,9-11H2,2-4H3. The highest BCUT2D eigenvalue weighted by Gasteiger charge is 2.37. The maximum atomic E-state index is 14.1. The normalized spacial score (nSPS) is 15.8. The number of aliphatic hydroxyl groups excluding tert-OH is 1. The Labute approximate surface area is 174 Å². The number of anilines is 1. The SMILES string of the molecule is C=CCOc1c(F)cccc1NC(S)C1=C(O)CCN(C(=O)OC(C)(C)C)C1=O. The predicted molar refractivity (Wildman–Crippen MR) is 111 cm³/mol. The zero-order valence-corrected chi connectivity index (χ0v) is 17.5. The number of rotatable bonds is 6. The topological polar surface area (TPSA) is 88.1 Å². The largest absolute Gasteiger partial charge is 0.512 e. The van der Waals surface area contributed by atoms with E-state index >= 15 is 0 Å². The number of halogens is 1. The van der Waals surface area contributed by atoms with E-state index in [4.69, 9.17) is 9.47 Å². The Morgan fingerprint density at radius 2 is 2.17 bits per heavy atom. The van der Waals surface area contributed by atoms with E-state index in [1.165, 1.54) is 18.2 Å². The molecule has 0 bridgehead atoms. The number of ether oxygens (including phenoxy) is 2. The molecule has 0 saturated heterocycles. The van der Waals surface area contributed by atoms with Crippen molar-refractivity contribution in [1.29, 1.82) is 0 Å². The Hall–Kier alpha value is -2.68. The number of aliphatic hydroxyl groups is 1. The first kappa shape index (κ1) is 22.6. The molecule has 1 aromatic carbocycles. The average Bonchev–Trinajstić information content (AvgIpc) is 2.59. The fourth-order valence-corrected chi connectivity index (χ4v) is 3.02. The lowest BCUT2D eigenvalue weighted by Crippen LogP contribution is -2.46. The van der Waals surface area contributed by atoms with Gasteiger partial charge in [-0.1, -0.05) is 18.7 Å². The van der Waals surface area contributed by atoms with Crippen LogP contribution in [0.4, 0.5) is 14.9 Å². The van der Waals surface area contributed by atoms with Crippen LogP contribution in [0.5, 0.6) is 5.75 Å². The van der Waals surface area contributed by atoms with Crippen LogP contribution in [0.1, 0.15) is 27.2 Å². The Bertz CT molecular complexity index is 835. The quantitative estimate of drug-likeness (QED) is 0.363. The van der Waals surface area contributed by atoms with Gasteiger partial charge in [-0.3, -0.25) is 4.79 Å². The lowest BCUT2D eigenvalue weighted by molar-refractivity contribution is -0.127. The van der Waals surface area contributed by atoms with Gasteiger partial charge in [0.25, 0.3) is 5.91 Å². The molecule has 2 rings (SSSR count). The van der Waals surface area contributed by atoms with Gasteiger partial charge in [-0.05, 0) is 32.9 Å². The van der Waals surface area contributed by atoms with Crippen LogP contribution in [-0.2, 0) is 9.53 Å². The summed E-state index contributed by atoms with van der Waals surface area (Å²) in [6, 6.07) is 4.23. The van der Waals surface area contributed by atoms with Gasteiger partial charge in [0, 0.05) is 13.0 Å². The highest BCUT2D eigenvalue weighted by atomic mass is 32.1. The summed E-state index contributed by atoms with van der Waals surface area (Å²) in [6.45, 7) is 8.64. The van der Waals surface area contributed by atoms with E-state index in [-0.39, 0.29) is 42.3 Å². The maximum absolute atomic E-state index is 14.1. The monoisotopic (exact) mass is 424 g/mol. The van der Waals surface area contributed by atoms with Gasteiger partial charge < -0.3 is 19.9 Å². The number of carbonyl (C=O) groups excluding carboxylic acids is 2. The lowest BCUT2D eigenvalue weighted by atomic mass is 10.1. The summed E-state index contributed by atoms with van der Waals surface area (Å²) < 4.78 is 24.7. The number of nitrogens with zero attached hydrogens (tertiary/aromatic N) is 1. The Morgan fingerprint density at radius 3 is 2.79 bits per heavy atom. The molecule has 1 unspecified atom stereocenters. The number of imide groups is 1.